The first kappa shape index (κ1) is 7.36. The Balaban J connectivity index is 0.000000405. The highest BCUT2D eigenvalue weighted by molar-refractivity contribution is 5.85. The van der Waals surface area contributed by atoms with Crippen molar-refractivity contribution in [3.8, 4) is 0 Å². The SMILES string of the molecule is CCC12CNCC1C2.Cl. The summed E-state index contributed by atoms with van der Waals surface area (Å²) in [6.45, 7) is 4.91. The lowest BCUT2D eigenvalue weighted by molar-refractivity contribution is 0.496. The fraction of sp³-hybridized carbons (Fsp3) is 1.00. The highest BCUT2D eigenvalue weighted by atomic mass is 35.5. The molecule has 0 bridgehead atoms. The van der Waals surface area contributed by atoms with E-state index in [1.54, 1.807) is 0 Å². The molecule has 2 heteroatoms. The van der Waals surface area contributed by atoms with E-state index >= 15 is 0 Å². The van der Waals surface area contributed by atoms with E-state index in [0.717, 1.165) is 11.3 Å². The Hall–Kier alpha value is 0.250. The number of hydrogen-bond acceptors (Lipinski definition) is 1. The Morgan fingerprint density at radius 2 is 2.44 bits per heavy atom. The quantitative estimate of drug-likeness (QED) is 0.592. The van der Waals surface area contributed by atoms with E-state index in [1.807, 2.05) is 0 Å². The van der Waals surface area contributed by atoms with Gasteiger partial charge in [0.2, 0.25) is 0 Å². The monoisotopic (exact) mass is 147 g/mol. The van der Waals surface area contributed by atoms with Crippen LogP contribution in [0.1, 0.15) is 19.8 Å². The summed E-state index contributed by atoms with van der Waals surface area (Å²) >= 11 is 0. The third kappa shape index (κ3) is 0.870. The van der Waals surface area contributed by atoms with Crippen LogP contribution in [0.5, 0.6) is 0 Å². The standard InChI is InChI=1S/C7H13N.ClH/c1-2-7-3-6(7)4-8-5-7;/h6,8H,2-5H2,1H3;1H. The first-order valence-corrected chi connectivity index (χ1v) is 3.58. The molecule has 9 heavy (non-hydrogen) atoms. The molecule has 2 atom stereocenters. The summed E-state index contributed by atoms with van der Waals surface area (Å²) in [4.78, 5) is 0. The van der Waals surface area contributed by atoms with E-state index in [-0.39, 0.29) is 12.4 Å². The summed E-state index contributed by atoms with van der Waals surface area (Å²) in [5, 5.41) is 3.41. The Bertz CT molecular complexity index is 111. The van der Waals surface area contributed by atoms with Gasteiger partial charge in [-0.2, -0.15) is 0 Å². The molecule has 0 aromatic carbocycles. The predicted molar refractivity (Wildman–Crippen MR) is 40.9 cm³/mol. The van der Waals surface area contributed by atoms with Crippen LogP contribution in [0.25, 0.3) is 0 Å². The first-order valence-electron chi connectivity index (χ1n) is 3.58. The largest absolute Gasteiger partial charge is 0.316 e. The van der Waals surface area contributed by atoms with Gasteiger partial charge in [-0.1, -0.05) is 6.92 Å². The molecule has 1 aliphatic heterocycles. The predicted octanol–water partition coefficient (Wildman–Crippen LogP) is 1.43. The van der Waals surface area contributed by atoms with E-state index in [9.17, 15) is 0 Å². The minimum atomic E-state index is 0. The van der Waals surface area contributed by atoms with Gasteiger partial charge < -0.3 is 5.32 Å². The third-order valence-corrected chi connectivity index (χ3v) is 2.93. The fourth-order valence-corrected chi connectivity index (χ4v) is 1.99. The maximum Gasteiger partial charge on any atom is 0.00111 e. The Morgan fingerprint density at radius 1 is 1.67 bits per heavy atom. The van der Waals surface area contributed by atoms with Gasteiger partial charge in [-0.3, -0.25) is 0 Å². The number of fused-ring (bicyclic) bond motifs is 1. The highest BCUT2D eigenvalue weighted by Gasteiger charge is 2.55. The molecule has 2 aliphatic rings. The van der Waals surface area contributed by atoms with Crippen molar-refractivity contribution in [3.63, 3.8) is 0 Å². The Morgan fingerprint density at radius 3 is 2.67 bits per heavy atom. The zero-order valence-electron chi connectivity index (χ0n) is 5.81. The van der Waals surface area contributed by atoms with Crippen molar-refractivity contribution in [2.75, 3.05) is 13.1 Å². The lowest BCUT2D eigenvalue weighted by atomic mass is 10.0. The minimum Gasteiger partial charge on any atom is -0.316 e. The smallest absolute Gasteiger partial charge is 0.00111 e. The van der Waals surface area contributed by atoms with Crippen molar-refractivity contribution < 1.29 is 0 Å². The van der Waals surface area contributed by atoms with Crippen molar-refractivity contribution in [2.45, 2.75) is 19.8 Å². The van der Waals surface area contributed by atoms with Crippen LogP contribution in [0.4, 0.5) is 0 Å². The zero-order chi connectivity index (χ0) is 5.61. The van der Waals surface area contributed by atoms with Crippen molar-refractivity contribution in [1.29, 1.82) is 0 Å². The Labute approximate surface area is 62.6 Å². The van der Waals surface area contributed by atoms with Crippen LogP contribution in [0.2, 0.25) is 0 Å². The molecule has 0 aromatic rings. The van der Waals surface area contributed by atoms with Gasteiger partial charge in [0.15, 0.2) is 0 Å². The molecule has 0 spiro atoms. The molecule has 0 aromatic heterocycles. The molecule has 1 saturated heterocycles. The summed E-state index contributed by atoms with van der Waals surface area (Å²) in [6, 6.07) is 0. The average Bonchev–Trinajstić information content (AvgIpc) is 2.38. The summed E-state index contributed by atoms with van der Waals surface area (Å²) in [6.07, 6.45) is 2.90. The normalized spacial score (nSPS) is 45.7. The number of nitrogens with one attached hydrogen (secondary N) is 1. The number of hydrogen-bond donors (Lipinski definition) is 1. The van der Waals surface area contributed by atoms with E-state index in [4.69, 9.17) is 0 Å². The van der Waals surface area contributed by atoms with Gasteiger partial charge in [-0.25, -0.2) is 0 Å². The first-order chi connectivity index (χ1) is 3.87. The number of halogens is 1. The molecule has 0 amide bonds. The molecule has 1 aliphatic carbocycles. The lowest BCUT2D eigenvalue weighted by Crippen LogP contribution is -2.15. The molecule has 2 rings (SSSR count). The van der Waals surface area contributed by atoms with Crippen molar-refractivity contribution in [2.24, 2.45) is 11.3 Å². The second kappa shape index (κ2) is 2.14. The van der Waals surface area contributed by atoms with Gasteiger partial charge >= 0.3 is 0 Å². The second-order valence-corrected chi connectivity index (χ2v) is 3.25. The molecule has 0 radical (unpaired) electrons. The Kier molecular flexibility index (Phi) is 1.75. The van der Waals surface area contributed by atoms with Crippen LogP contribution < -0.4 is 5.32 Å². The van der Waals surface area contributed by atoms with Crippen LogP contribution in [0, 0.1) is 11.3 Å². The van der Waals surface area contributed by atoms with Gasteiger partial charge in [0.25, 0.3) is 0 Å². The van der Waals surface area contributed by atoms with Crippen LogP contribution in [-0.2, 0) is 0 Å². The zero-order valence-corrected chi connectivity index (χ0v) is 6.63. The molecule has 2 unspecified atom stereocenters. The summed E-state index contributed by atoms with van der Waals surface area (Å²) in [5.74, 6) is 1.06. The highest BCUT2D eigenvalue weighted by Crippen LogP contribution is 2.56. The van der Waals surface area contributed by atoms with Gasteiger partial charge in [0.1, 0.15) is 0 Å². The molecule has 1 nitrogen and oxygen atoms in total. The fourth-order valence-electron chi connectivity index (χ4n) is 1.99. The number of rotatable bonds is 1. The van der Waals surface area contributed by atoms with Crippen LogP contribution >= 0.6 is 12.4 Å². The third-order valence-electron chi connectivity index (χ3n) is 2.93. The number of piperidine rings is 1. The van der Waals surface area contributed by atoms with E-state index < -0.39 is 0 Å². The second-order valence-electron chi connectivity index (χ2n) is 3.25. The summed E-state index contributed by atoms with van der Waals surface area (Å²) < 4.78 is 0. The molecule has 1 heterocycles. The summed E-state index contributed by atoms with van der Waals surface area (Å²) in [7, 11) is 0. The van der Waals surface area contributed by atoms with E-state index in [1.165, 1.54) is 25.9 Å². The molecule has 1 saturated carbocycles. The van der Waals surface area contributed by atoms with Gasteiger partial charge in [0.05, 0.1) is 0 Å². The van der Waals surface area contributed by atoms with Crippen LogP contribution in [0.15, 0.2) is 0 Å². The van der Waals surface area contributed by atoms with E-state index in [2.05, 4.69) is 12.2 Å². The topological polar surface area (TPSA) is 12.0 Å². The van der Waals surface area contributed by atoms with Gasteiger partial charge in [-0.05, 0) is 30.7 Å². The van der Waals surface area contributed by atoms with Crippen molar-refractivity contribution in [1.82, 2.24) is 5.32 Å². The van der Waals surface area contributed by atoms with Crippen molar-refractivity contribution in [3.05, 3.63) is 0 Å². The molecular weight excluding hydrogens is 134 g/mol. The molecule has 54 valence electrons. The lowest BCUT2D eigenvalue weighted by Gasteiger charge is -2.04. The summed E-state index contributed by atoms with van der Waals surface area (Å²) in [5.41, 5.74) is 0.792. The minimum absolute atomic E-state index is 0. The molecule has 1 N–H and O–H groups in total. The maximum absolute atomic E-state index is 3.41. The van der Waals surface area contributed by atoms with Gasteiger partial charge in [0, 0.05) is 6.54 Å². The van der Waals surface area contributed by atoms with Crippen LogP contribution in [0.3, 0.4) is 0 Å². The van der Waals surface area contributed by atoms with E-state index in [0.29, 0.717) is 0 Å². The van der Waals surface area contributed by atoms with Gasteiger partial charge in [-0.15, -0.1) is 12.4 Å². The average molecular weight is 148 g/mol. The maximum atomic E-state index is 3.41. The van der Waals surface area contributed by atoms with Crippen molar-refractivity contribution >= 4 is 12.4 Å². The molecule has 2 fully saturated rings. The molecular formula is C7H14ClN. The van der Waals surface area contributed by atoms with Crippen LogP contribution in [-0.4, -0.2) is 13.1 Å².